The van der Waals surface area contributed by atoms with Crippen LogP contribution in [0, 0.1) is 11.3 Å². The minimum absolute atomic E-state index is 0.0795. The van der Waals surface area contributed by atoms with E-state index in [0.29, 0.717) is 23.1 Å². The molecule has 4 nitrogen and oxygen atoms in total. The Morgan fingerprint density at radius 3 is 1.85 bits per heavy atom. The number of nitrogens with zero attached hydrogens (tertiary/aromatic N) is 2. The quantitative estimate of drug-likeness (QED) is 0.297. The fourth-order valence-corrected chi connectivity index (χ4v) is 3.83. The molecular weight excluding hydrogens is 543 g/mol. The standard InChI is InChI=1S/C26H17F9N2O2/c1-39-23(38)37(13-15-8-19(25(30,31)32)11-20(9-15)26(33,34)35)14-17-10-18(24(27,28)29)6-7-22(17)21-5-3-2-4-16(21)12-36/h2-11H,13-14H2,1H3. The zero-order valence-electron chi connectivity index (χ0n) is 19.8. The van der Waals surface area contributed by atoms with E-state index in [2.05, 4.69) is 4.74 Å². The maximum absolute atomic E-state index is 13.5. The summed E-state index contributed by atoms with van der Waals surface area (Å²) < 4.78 is 125. The van der Waals surface area contributed by atoms with E-state index in [4.69, 9.17) is 0 Å². The van der Waals surface area contributed by atoms with E-state index in [1.807, 2.05) is 6.07 Å². The minimum atomic E-state index is -5.15. The van der Waals surface area contributed by atoms with Crippen molar-refractivity contribution in [2.45, 2.75) is 31.6 Å². The monoisotopic (exact) mass is 560 g/mol. The number of benzene rings is 3. The minimum Gasteiger partial charge on any atom is -0.453 e. The third kappa shape index (κ3) is 7.01. The highest BCUT2D eigenvalue weighted by Gasteiger charge is 2.37. The summed E-state index contributed by atoms with van der Waals surface area (Å²) in [6.45, 7) is -1.57. The molecule has 13 heteroatoms. The van der Waals surface area contributed by atoms with Gasteiger partial charge in [0.1, 0.15) is 0 Å². The largest absolute Gasteiger partial charge is 0.453 e. The number of nitriles is 1. The lowest BCUT2D eigenvalue weighted by molar-refractivity contribution is -0.143. The van der Waals surface area contributed by atoms with Crippen molar-refractivity contribution in [2.75, 3.05) is 7.11 Å². The highest BCUT2D eigenvalue weighted by molar-refractivity contribution is 5.75. The summed E-state index contributed by atoms with van der Waals surface area (Å²) in [7, 11) is 0.890. The van der Waals surface area contributed by atoms with Crippen molar-refractivity contribution in [1.29, 1.82) is 5.26 Å². The molecule has 206 valence electrons. The first-order valence-electron chi connectivity index (χ1n) is 10.9. The fraction of sp³-hybridized carbons (Fsp3) is 0.231. The Morgan fingerprint density at radius 2 is 1.33 bits per heavy atom. The van der Waals surface area contributed by atoms with E-state index < -0.39 is 60.0 Å². The maximum atomic E-state index is 13.5. The number of halogens is 9. The van der Waals surface area contributed by atoms with Gasteiger partial charge in [-0.15, -0.1) is 0 Å². The third-order valence-corrected chi connectivity index (χ3v) is 5.59. The second kappa shape index (κ2) is 10.9. The van der Waals surface area contributed by atoms with Crippen molar-refractivity contribution in [3.8, 4) is 17.2 Å². The van der Waals surface area contributed by atoms with E-state index >= 15 is 0 Å². The summed E-state index contributed by atoms with van der Waals surface area (Å²) >= 11 is 0. The van der Waals surface area contributed by atoms with Crippen LogP contribution in [0.2, 0.25) is 0 Å². The molecule has 0 aliphatic heterocycles. The lowest BCUT2D eigenvalue weighted by atomic mass is 9.93. The van der Waals surface area contributed by atoms with Crippen LogP contribution in [0.1, 0.15) is 33.4 Å². The van der Waals surface area contributed by atoms with Crippen molar-refractivity contribution in [1.82, 2.24) is 4.90 Å². The van der Waals surface area contributed by atoms with Gasteiger partial charge in [0.25, 0.3) is 0 Å². The Labute approximate surface area is 215 Å². The molecular formula is C26H17F9N2O2. The zero-order chi connectivity index (χ0) is 29.2. The van der Waals surface area contributed by atoms with Crippen LogP contribution >= 0.6 is 0 Å². The van der Waals surface area contributed by atoms with Gasteiger partial charge < -0.3 is 4.74 Å². The van der Waals surface area contributed by atoms with Crippen LogP contribution in [0.3, 0.4) is 0 Å². The number of carbonyl (C=O) groups excluding carboxylic acids is 1. The molecule has 0 aliphatic carbocycles. The highest BCUT2D eigenvalue weighted by Crippen LogP contribution is 2.38. The first-order chi connectivity index (χ1) is 18.0. The van der Waals surface area contributed by atoms with Gasteiger partial charge in [-0.25, -0.2) is 4.79 Å². The van der Waals surface area contributed by atoms with Gasteiger partial charge in [-0.05, 0) is 58.7 Å². The van der Waals surface area contributed by atoms with Gasteiger partial charge in [-0.2, -0.15) is 44.8 Å². The average molecular weight is 560 g/mol. The van der Waals surface area contributed by atoms with Gasteiger partial charge >= 0.3 is 24.6 Å². The van der Waals surface area contributed by atoms with Crippen LogP contribution in [0.15, 0.2) is 60.7 Å². The number of rotatable bonds is 5. The molecule has 0 bridgehead atoms. The molecule has 3 aromatic rings. The molecule has 0 aliphatic rings. The molecule has 0 radical (unpaired) electrons. The van der Waals surface area contributed by atoms with E-state index in [9.17, 15) is 49.6 Å². The van der Waals surface area contributed by atoms with Crippen LogP contribution in [0.25, 0.3) is 11.1 Å². The Kier molecular flexibility index (Phi) is 8.19. The molecule has 0 spiro atoms. The summed E-state index contributed by atoms with van der Waals surface area (Å²) in [5.41, 5.74) is -4.77. The average Bonchev–Trinajstić information content (AvgIpc) is 2.86. The molecule has 39 heavy (non-hydrogen) atoms. The van der Waals surface area contributed by atoms with Gasteiger partial charge in [-0.1, -0.05) is 24.3 Å². The summed E-state index contributed by atoms with van der Waals surface area (Å²) in [5, 5.41) is 9.44. The topological polar surface area (TPSA) is 53.3 Å². The molecule has 0 aromatic heterocycles. The summed E-state index contributed by atoms with van der Waals surface area (Å²) in [5.74, 6) is 0. The Hall–Kier alpha value is -4.21. The predicted molar refractivity (Wildman–Crippen MR) is 120 cm³/mol. The SMILES string of the molecule is COC(=O)N(Cc1cc(C(F)(F)F)cc(C(F)(F)F)c1)Cc1cc(C(F)(F)F)ccc1-c1ccccc1C#N. The molecule has 0 fully saturated rings. The van der Waals surface area contributed by atoms with Gasteiger partial charge in [0.2, 0.25) is 0 Å². The molecule has 0 N–H and O–H groups in total. The van der Waals surface area contributed by atoms with Gasteiger partial charge in [0, 0.05) is 13.1 Å². The van der Waals surface area contributed by atoms with Crippen molar-refractivity contribution in [3.63, 3.8) is 0 Å². The summed E-state index contributed by atoms with van der Waals surface area (Å²) in [4.78, 5) is 13.2. The van der Waals surface area contributed by atoms with Crippen LogP contribution in [-0.4, -0.2) is 18.1 Å². The normalized spacial score (nSPS) is 12.1. The molecule has 0 unspecified atom stereocenters. The van der Waals surface area contributed by atoms with Crippen LogP contribution in [-0.2, 0) is 36.4 Å². The zero-order valence-corrected chi connectivity index (χ0v) is 19.8. The van der Waals surface area contributed by atoms with Crippen molar-refractivity contribution in [3.05, 3.63) is 94.0 Å². The number of alkyl halides is 9. The first-order valence-corrected chi connectivity index (χ1v) is 10.9. The number of amides is 1. The van der Waals surface area contributed by atoms with E-state index in [-0.39, 0.29) is 28.3 Å². The van der Waals surface area contributed by atoms with Crippen LogP contribution in [0.4, 0.5) is 44.3 Å². The molecule has 3 rings (SSSR count). The number of ether oxygens (including phenoxy) is 1. The molecule has 0 saturated heterocycles. The fourth-order valence-electron chi connectivity index (χ4n) is 3.83. The smallest absolute Gasteiger partial charge is 0.416 e. The predicted octanol–water partition coefficient (Wildman–Crippen LogP) is 8.05. The second-order valence-electron chi connectivity index (χ2n) is 8.27. The molecule has 3 aromatic carbocycles. The van der Waals surface area contributed by atoms with Crippen molar-refractivity contribution < 1.29 is 49.0 Å². The van der Waals surface area contributed by atoms with Crippen LogP contribution in [0.5, 0.6) is 0 Å². The summed E-state index contributed by atoms with van der Waals surface area (Å²) in [6, 6.07) is 11.0. The lowest BCUT2D eigenvalue weighted by Crippen LogP contribution is -2.30. The van der Waals surface area contributed by atoms with E-state index in [1.54, 1.807) is 0 Å². The molecule has 0 atom stereocenters. The Balaban J connectivity index is 2.15. The van der Waals surface area contributed by atoms with Crippen molar-refractivity contribution >= 4 is 6.09 Å². The molecule has 1 amide bonds. The lowest BCUT2D eigenvalue weighted by Gasteiger charge is -2.25. The maximum Gasteiger partial charge on any atom is 0.416 e. The summed E-state index contributed by atoms with van der Waals surface area (Å²) in [6.07, 6.45) is -16.3. The number of hydrogen-bond acceptors (Lipinski definition) is 3. The van der Waals surface area contributed by atoms with E-state index in [1.165, 1.54) is 24.3 Å². The van der Waals surface area contributed by atoms with Gasteiger partial charge in [0.15, 0.2) is 0 Å². The Morgan fingerprint density at radius 1 is 0.769 bits per heavy atom. The number of methoxy groups -OCH3 is 1. The molecule has 0 heterocycles. The number of carbonyl (C=O) groups is 1. The Bertz CT molecular complexity index is 1370. The van der Waals surface area contributed by atoms with Crippen LogP contribution < -0.4 is 0 Å². The van der Waals surface area contributed by atoms with Gasteiger partial charge in [0.05, 0.1) is 35.4 Å². The number of hydrogen-bond donors (Lipinski definition) is 0. The first kappa shape index (κ1) is 29.3. The van der Waals surface area contributed by atoms with Crippen molar-refractivity contribution in [2.24, 2.45) is 0 Å². The second-order valence-corrected chi connectivity index (χ2v) is 8.27. The third-order valence-electron chi connectivity index (χ3n) is 5.59. The van der Waals surface area contributed by atoms with Gasteiger partial charge in [-0.3, -0.25) is 4.90 Å². The highest BCUT2D eigenvalue weighted by atomic mass is 19.4. The van der Waals surface area contributed by atoms with E-state index in [0.717, 1.165) is 19.2 Å². The molecule has 0 saturated carbocycles.